The van der Waals surface area contributed by atoms with Gasteiger partial charge in [0, 0.05) is 6.42 Å². The predicted octanol–water partition coefficient (Wildman–Crippen LogP) is 0.904. The highest BCUT2D eigenvalue weighted by molar-refractivity contribution is 5.69. The lowest BCUT2D eigenvalue weighted by Gasteiger charge is -2.27. The molecule has 6 nitrogen and oxygen atoms in total. The Morgan fingerprint density at radius 1 is 1.44 bits per heavy atom. The van der Waals surface area contributed by atoms with Crippen molar-refractivity contribution in [2.45, 2.75) is 12.8 Å². The Hall–Kier alpha value is -1.87. The van der Waals surface area contributed by atoms with E-state index < -0.39 is 11.9 Å². The number of likely N-dealkylation sites (N-methyl/N-ethyl adjacent to an activating group) is 1. The van der Waals surface area contributed by atoms with Gasteiger partial charge in [0.15, 0.2) is 12.2 Å². The third-order valence-corrected chi connectivity index (χ3v) is 2.27. The van der Waals surface area contributed by atoms with Gasteiger partial charge in [-0.3, -0.25) is 4.79 Å². The number of hydrogen-bond donors (Lipinski definition) is 1. The summed E-state index contributed by atoms with van der Waals surface area (Å²) >= 11 is 0. The Morgan fingerprint density at radius 3 is 2.56 bits per heavy atom. The first-order valence-electron chi connectivity index (χ1n) is 5.51. The first-order chi connectivity index (χ1) is 8.26. The molecule has 0 aliphatic rings. The fourth-order valence-electron chi connectivity index (χ4n) is 1.36. The number of esters is 1. The van der Waals surface area contributed by atoms with E-state index in [1.807, 2.05) is 0 Å². The van der Waals surface area contributed by atoms with Crippen LogP contribution in [-0.2, 0) is 14.3 Å². The molecule has 0 amide bonds. The highest BCUT2D eigenvalue weighted by atomic mass is 16.5. The standard InChI is InChI=1S/C12H18N2O4/c1-10(13-2)9-18-12(17)6-5-7-14(3,4)8-11(15)16/h1,5-9H2,3-4H3/p+1. The highest BCUT2D eigenvalue weighted by Crippen LogP contribution is 2.03. The van der Waals surface area contributed by atoms with Gasteiger partial charge in [0.2, 0.25) is 0 Å². The first kappa shape index (κ1) is 16.1. The van der Waals surface area contributed by atoms with Crippen molar-refractivity contribution >= 4 is 11.9 Å². The van der Waals surface area contributed by atoms with E-state index in [0.717, 1.165) is 0 Å². The van der Waals surface area contributed by atoms with E-state index in [4.69, 9.17) is 16.4 Å². The summed E-state index contributed by atoms with van der Waals surface area (Å²) in [5, 5.41) is 8.68. The topological polar surface area (TPSA) is 68.0 Å². The van der Waals surface area contributed by atoms with Crippen molar-refractivity contribution in [2.75, 3.05) is 33.8 Å². The quantitative estimate of drug-likeness (QED) is 0.397. The molecule has 18 heavy (non-hydrogen) atoms. The molecule has 0 heterocycles. The largest absolute Gasteiger partial charge is 0.477 e. The first-order valence-corrected chi connectivity index (χ1v) is 5.51. The van der Waals surface area contributed by atoms with Crippen LogP contribution in [0.5, 0.6) is 0 Å². The van der Waals surface area contributed by atoms with Crippen LogP contribution in [0.1, 0.15) is 12.8 Å². The second kappa shape index (κ2) is 7.45. The summed E-state index contributed by atoms with van der Waals surface area (Å²) in [6.45, 7) is 10.5. The van der Waals surface area contributed by atoms with E-state index in [-0.39, 0.29) is 25.3 Å². The molecule has 0 aliphatic carbocycles. The van der Waals surface area contributed by atoms with Crippen molar-refractivity contribution in [3.8, 4) is 0 Å². The zero-order chi connectivity index (χ0) is 14.2. The van der Waals surface area contributed by atoms with E-state index in [0.29, 0.717) is 17.4 Å². The van der Waals surface area contributed by atoms with Crippen molar-refractivity contribution in [3.05, 3.63) is 23.7 Å². The number of carbonyl (C=O) groups is 2. The molecule has 0 aliphatic heterocycles. The summed E-state index contributed by atoms with van der Waals surface area (Å²) in [7, 11) is 3.58. The van der Waals surface area contributed by atoms with Gasteiger partial charge in [-0.1, -0.05) is 6.58 Å². The molecule has 1 N–H and O–H groups in total. The molecular formula is C12H19N2O4+. The van der Waals surface area contributed by atoms with Crippen molar-refractivity contribution < 1.29 is 23.9 Å². The van der Waals surface area contributed by atoms with Crippen LogP contribution in [0.15, 0.2) is 12.3 Å². The zero-order valence-electron chi connectivity index (χ0n) is 10.8. The van der Waals surface area contributed by atoms with Crippen LogP contribution < -0.4 is 0 Å². The smallest absolute Gasteiger partial charge is 0.359 e. The van der Waals surface area contributed by atoms with Crippen molar-refractivity contribution in [3.63, 3.8) is 0 Å². The Balaban J connectivity index is 3.84. The molecule has 0 aromatic rings. The summed E-state index contributed by atoms with van der Waals surface area (Å²) in [5.74, 6) is -1.26. The molecule has 0 aromatic carbocycles. The predicted molar refractivity (Wildman–Crippen MR) is 65.4 cm³/mol. The fourth-order valence-corrected chi connectivity index (χ4v) is 1.36. The maximum absolute atomic E-state index is 11.3. The molecule has 0 spiro atoms. The number of carboxylic acids is 1. The SMILES string of the molecule is [C-]#[N+]C(=C)COC(=O)CCC[N+](C)(C)CC(=O)O. The number of aliphatic carboxylic acids is 1. The number of carbonyl (C=O) groups excluding carboxylic acids is 1. The van der Waals surface area contributed by atoms with Gasteiger partial charge in [-0.2, -0.15) is 0 Å². The molecule has 0 radical (unpaired) electrons. The second-order valence-electron chi connectivity index (χ2n) is 4.65. The van der Waals surface area contributed by atoms with Crippen molar-refractivity contribution in [1.82, 2.24) is 0 Å². The number of carboxylic acid groups (broad SMARTS) is 1. The van der Waals surface area contributed by atoms with E-state index in [1.54, 1.807) is 14.1 Å². The number of quaternary nitrogens is 1. The van der Waals surface area contributed by atoms with Crippen molar-refractivity contribution in [1.29, 1.82) is 0 Å². The summed E-state index contributed by atoms with van der Waals surface area (Å²) in [5.41, 5.74) is 0.185. The molecular weight excluding hydrogens is 236 g/mol. The van der Waals surface area contributed by atoms with Gasteiger partial charge in [-0.15, -0.1) is 0 Å². The maximum atomic E-state index is 11.3. The molecule has 0 saturated carbocycles. The molecule has 0 fully saturated rings. The molecule has 0 aromatic heterocycles. The van der Waals surface area contributed by atoms with E-state index >= 15 is 0 Å². The molecule has 0 atom stereocenters. The second-order valence-corrected chi connectivity index (χ2v) is 4.65. The normalized spacial score (nSPS) is 10.5. The summed E-state index contributed by atoms with van der Waals surface area (Å²) in [6.07, 6.45) is 0.760. The van der Waals surface area contributed by atoms with Gasteiger partial charge in [-0.05, 0) is 0 Å². The minimum absolute atomic E-state index is 0.0174. The highest BCUT2D eigenvalue weighted by Gasteiger charge is 2.19. The van der Waals surface area contributed by atoms with E-state index in [2.05, 4.69) is 11.4 Å². The minimum atomic E-state index is -0.865. The average molecular weight is 255 g/mol. The molecule has 0 rings (SSSR count). The van der Waals surface area contributed by atoms with Crippen LogP contribution in [0, 0.1) is 6.57 Å². The third kappa shape index (κ3) is 8.30. The average Bonchev–Trinajstić information content (AvgIpc) is 2.23. The number of hydrogen-bond acceptors (Lipinski definition) is 3. The molecule has 100 valence electrons. The number of ether oxygens (including phenoxy) is 1. The maximum Gasteiger partial charge on any atom is 0.359 e. The number of rotatable bonds is 8. The Labute approximate surface area is 107 Å². The zero-order valence-corrected chi connectivity index (χ0v) is 10.8. The lowest BCUT2D eigenvalue weighted by Crippen LogP contribution is -2.44. The van der Waals surface area contributed by atoms with Gasteiger partial charge < -0.3 is 14.3 Å². The molecule has 0 saturated heterocycles. The van der Waals surface area contributed by atoms with Crippen LogP contribution in [0.2, 0.25) is 0 Å². The van der Waals surface area contributed by atoms with Gasteiger partial charge in [0.05, 0.1) is 33.6 Å². The number of nitrogens with zero attached hydrogens (tertiary/aromatic N) is 2. The summed E-state index contributed by atoms with van der Waals surface area (Å²) < 4.78 is 5.13. The molecule has 0 bridgehead atoms. The Bertz CT molecular complexity index is 369. The summed E-state index contributed by atoms with van der Waals surface area (Å²) in [6, 6.07) is 0. The molecule has 0 unspecified atom stereocenters. The van der Waals surface area contributed by atoms with Crippen LogP contribution in [0.25, 0.3) is 4.85 Å². The monoisotopic (exact) mass is 255 g/mol. The van der Waals surface area contributed by atoms with Crippen LogP contribution in [0.4, 0.5) is 0 Å². The third-order valence-electron chi connectivity index (χ3n) is 2.27. The van der Waals surface area contributed by atoms with Crippen LogP contribution in [-0.4, -0.2) is 55.3 Å². The van der Waals surface area contributed by atoms with Gasteiger partial charge >= 0.3 is 11.9 Å². The van der Waals surface area contributed by atoms with E-state index in [1.165, 1.54) is 0 Å². The molecule has 6 heteroatoms. The van der Waals surface area contributed by atoms with Gasteiger partial charge in [0.1, 0.15) is 6.61 Å². The Kier molecular flexibility index (Phi) is 6.68. The minimum Gasteiger partial charge on any atom is -0.477 e. The van der Waals surface area contributed by atoms with Gasteiger partial charge in [-0.25, -0.2) is 9.64 Å². The Morgan fingerprint density at radius 2 is 2.06 bits per heavy atom. The lowest BCUT2D eigenvalue weighted by atomic mass is 10.2. The van der Waals surface area contributed by atoms with Gasteiger partial charge in [0.25, 0.3) is 0 Å². The van der Waals surface area contributed by atoms with E-state index in [9.17, 15) is 9.59 Å². The van der Waals surface area contributed by atoms with Crippen molar-refractivity contribution in [2.24, 2.45) is 0 Å². The van der Waals surface area contributed by atoms with Crippen LogP contribution in [0.3, 0.4) is 0 Å². The summed E-state index contributed by atoms with van der Waals surface area (Å²) in [4.78, 5) is 24.9. The lowest BCUT2D eigenvalue weighted by molar-refractivity contribution is -0.883. The van der Waals surface area contributed by atoms with Crippen LogP contribution >= 0.6 is 0 Å². The fraction of sp³-hybridized carbons (Fsp3) is 0.583.